The summed E-state index contributed by atoms with van der Waals surface area (Å²) in [7, 11) is 0. The highest BCUT2D eigenvalue weighted by molar-refractivity contribution is 5.73. The number of carboxylic acid groups (broad SMARTS) is 2. The number of carbonyl (C=O) groups is 2. The fourth-order valence-electron chi connectivity index (χ4n) is 0.883. The van der Waals surface area contributed by atoms with Crippen LogP contribution in [0.2, 0.25) is 0 Å². The lowest BCUT2D eigenvalue weighted by atomic mass is 9.85. The van der Waals surface area contributed by atoms with Crippen molar-refractivity contribution in [1.82, 2.24) is 12.3 Å². The Bertz CT molecular complexity index is 176. The van der Waals surface area contributed by atoms with Crippen molar-refractivity contribution in [2.24, 2.45) is 17.8 Å². The van der Waals surface area contributed by atoms with Crippen molar-refractivity contribution >= 4 is 11.9 Å². The zero-order valence-corrected chi connectivity index (χ0v) is 8.86. The van der Waals surface area contributed by atoms with E-state index in [1.54, 1.807) is 6.92 Å². The van der Waals surface area contributed by atoms with Gasteiger partial charge in [-0.2, -0.15) is 0 Å². The summed E-state index contributed by atoms with van der Waals surface area (Å²) in [6.45, 7) is 4.68. The van der Waals surface area contributed by atoms with Crippen LogP contribution in [0.25, 0.3) is 0 Å². The predicted octanol–water partition coefficient (Wildman–Crippen LogP) is 1.39. The van der Waals surface area contributed by atoms with Gasteiger partial charge in [-0.05, 0) is 5.92 Å². The first kappa shape index (κ1) is 18.6. The van der Waals surface area contributed by atoms with Crippen LogP contribution in [-0.2, 0) is 9.59 Å². The molecule has 8 N–H and O–H groups in total. The molecule has 2 atom stereocenters. The first-order chi connectivity index (χ1) is 5.37. The van der Waals surface area contributed by atoms with Crippen LogP contribution in [0.5, 0.6) is 0 Å². The van der Waals surface area contributed by atoms with Crippen molar-refractivity contribution in [3.05, 3.63) is 0 Å². The van der Waals surface area contributed by atoms with Gasteiger partial charge >= 0.3 is 11.9 Å². The molecule has 6 nitrogen and oxygen atoms in total. The van der Waals surface area contributed by atoms with Gasteiger partial charge in [0, 0.05) is 0 Å². The molecular formula is C8H20N2O4. The first-order valence-corrected chi connectivity index (χ1v) is 3.83. The van der Waals surface area contributed by atoms with E-state index in [0.29, 0.717) is 0 Å². The van der Waals surface area contributed by atoms with Gasteiger partial charge in [-0.15, -0.1) is 0 Å². The summed E-state index contributed by atoms with van der Waals surface area (Å²) in [5, 5.41) is 17.2. The minimum Gasteiger partial charge on any atom is -0.481 e. The molecule has 0 saturated heterocycles. The summed E-state index contributed by atoms with van der Waals surface area (Å²) in [6, 6.07) is 0. The Morgan fingerprint density at radius 1 is 0.857 bits per heavy atom. The van der Waals surface area contributed by atoms with Crippen molar-refractivity contribution in [2.45, 2.75) is 20.8 Å². The molecule has 0 saturated carbocycles. The van der Waals surface area contributed by atoms with E-state index in [0.717, 1.165) is 0 Å². The second-order valence-electron chi connectivity index (χ2n) is 3.11. The van der Waals surface area contributed by atoms with Crippen LogP contribution < -0.4 is 12.3 Å². The molecule has 14 heavy (non-hydrogen) atoms. The topological polar surface area (TPSA) is 145 Å². The maximum atomic E-state index is 10.5. The number of hydrogen-bond donors (Lipinski definition) is 4. The Balaban J connectivity index is -0.000000605. The fourth-order valence-corrected chi connectivity index (χ4v) is 0.883. The van der Waals surface area contributed by atoms with E-state index in [1.807, 2.05) is 0 Å². The lowest BCUT2D eigenvalue weighted by Gasteiger charge is -2.19. The number of carboxylic acids is 2. The Hall–Kier alpha value is -1.14. The highest BCUT2D eigenvalue weighted by atomic mass is 16.4. The lowest BCUT2D eigenvalue weighted by molar-refractivity contribution is -0.147. The molecule has 0 aliphatic heterocycles. The molecular weight excluding hydrogens is 188 g/mol. The summed E-state index contributed by atoms with van der Waals surface area (Å²) in [6.07, 6.45) is 0. The smallest absolute Gasteiger partial charge is 0.306 e. The van der Waals surface area contributed by atoms with Crippen molar-refractivity contribution in [3.63, 3.8) is 0 Å². The van der Waals surface area contributed by atoms with Gasteiger partial charge in [-0.1, -0.05) is 20.8 Å². The van der Waals surface area contributed by atoms with Gasteiger partial charge in [0.25, 0.3) is 0 Å². The van der Waals surface area contributed by atoms with Crippen LogP contribution in [0.15, 0.2) is 0 Å². The summed E-state index contributed by atoms with van der Waals surface area (Å²) in [5.41, 5.74) is 0. The van der Waals surface area contributed by atoms with Gasteiger partial charge in [0.15, 0.2) is 0 Å². The van der Waals surface area contributed by atoms with Crippen molar-refractivity contribution < 1.29 is 19.8 Å². The molecule has 0 aliphatic rings. The zero-order valence-electron chi connectivity index (χ0n) is 8.86. The van der Waals surface area contributed by atoms with Crippen LogP contribution in [0.4, 0.5) is 0 Å². The molecule has 2 unspecified atom stereocenters. The zero-order chi connectivity index (χ0) is 9.89. The highest BCUT2D eigenvalue weighted by Crippen LogP contribution is 2.20. The maximum Gasteiger partial charge on any atom is 0.306 e. The molecule has 0 aromatic heterocycles. The van der Waals surface area contributed by atoms with Gasteiger partial charge in [-0.3, -0.25) is 9.59 Å². The summed E-state index contributed by atoms with van der Waals surface area (Å²) < 4.78 is 0. The second kappa shape index (κ2) is 7.28. The second-order valence-corrected chi connectivity index (χ2v) is 3.11. The third kappa shape index (κ3) is 4.78. The Morgan fingerprint density at radius 3 is 1.21 bits per heavy atom. The van der Waals surface area contributed by atoms with Gasteiger partial charge in [0.05, 0.1) is 11.8 Å². The Kier molecular flexibility index (Phi) is 9.68. The quantitative estimate of drug-likeness (QED) is 0.549. The Morgan fingerprint density at radius 2 is 1.07 bits per heavy atom. The minimum atomic E-state index is -0.949. The lowest BCUT2D eigenvalue weighted by Crippen LogP contribution is -2.28. The molecule has 0 bridgehead atoms. The van der Waals surface area contributed by atoms with Gasteiger partial charge in [0.2, 0.25) is 0 Å². The molecule has 0 aromatic carbocycles. The van der Waals surface area contributed by atoms with Crippen molar-refractivity contribution in [3.8, 4) is 0 Å². The molecule has 0 radical (unpaired) electrons. The Labute approximate surface area is 83.5 Å². The molecule has 6 heteroatoms. The van der Waals surface area contributed by atoms with E-state index in [1.165, 1.54) is 13.8 Å². The molecule has 0 fully saturated rings. The average molecular weight is 208 g/mol. The van der Waals surface area contributed by atoms with E-state index in [2.05, 4.69) is 0 Å². The van der Waals surface area contributed by atoms with Crippen LogP contribution in [0.3, 0.4) is 0 Å². The summed E-state index contributed by atoms with van der Waals surface area (Å²) >= 11 is 0. The van der Waals surface area contributed by atoms with Crippen LogP contribution in [-0.4, -0.2) is 22.2 Å². The molecule has 0 heterocycles. The molecule has 0 aromatic rings. The minimum absolute atomic E-state index is 0. The van der Waals surface area contributed by atoms with E-state index in [4.69, 9.17) is 10.2 Å². The molecule has 86 valence electrons. The van der Waals surface area contributed by atoms with Crippen LogP contribution >= 0.6 is 0 Å². The van der Waals surface area contributed by atoms with Gasteiger partial charge < -0.3 is 22.5 Å². The van der Waals surface area contributed by atoms with Crippen LogP contribution in [0.1, 0.15) is 20.8 Å². The predicted molar refractivity (Wildman–Crippen MR) is 52.8 cm³/mol. The highest BCUT2D eigenvalue weighted by Gasteiger charge is 2.28. The number of hydrogen-bond acceptors (Lipinski definition) is 4. The molecule has 0 rings (SSSR count). The third-order valence-electron chi connectivity index (χ3n) is 2.36. The van der Waals surface area contributed by atoms with E-state index >= 15 is 0 Å². The van der Waals surface area contributed by atoms with E-state index in [9.17, 15) is 9.59 Å². The average Bonchev–Trinajstić information content (AvgIpc) is 2.00. The summed E-state index contributed by atoms with van der Waals surface area (Å²) in [4.78, 5) is 20.9. The van der Waals surface area contributed by atoms with E-state index in [-0.39, 0.29) is 18.2 Å². The van der Waals surface area contributed by atoms with Gasteiger partial charge in [-0.25, -0.2) is 0 Å². The van der Waals surface area contributed by atoms with E-state index < -0.39 is 23.8 Å². The normalized spacial score (nSPS) is 15.4. The van der Waals surface area contributed by atoms with Crippen molar-refractivity contribution in [2.75, 3.05) is 0 Å². The first-order valence-electron chi connectivity index (χ1n) is 3.83. The largest absolute Gasteiger partial charge is 0.481 e. The van der Waals surface area contributed by atoms with Crippen molar-refractivity contribution in [1.29, 1.82) is 0 Å². The molecule has 0 spiro atoms. The maximum absolute atomic E-state index is 10.5. The number of aliphatic carboxylic acids is 2. The summed E-state index contributed by atoms with van der Waals surface area (Å²) in [5.74, 6) is -3.47. The van der Waals surface area contributed by atoms with Crippen LogP contribution in [0, 0.1) is 17.8 Å². The number of rotatable bonds is 4. The fraction of sp³-hybridized carbons (Fsp3) is 0.750. The monoisotopic (exact) mass is 208 g/mol. The SMILES string of the molecule is CC(C(=O)O)C(C)C(C)C(=O)O.N.N. The standard InChI is InChI=1S/C8H14O4.2H3N/c1-4(5(2)7(9)10)6(3)8(11)12;;/h4-6H,1-3H3,(H,9,10)(H,11,12);2*1H3. The third-order valence-corrected chi connectivity index (χ3v) is 2.36. The molecule has 0 aliphatic carbocycles. The van der Waals surface area contributed by atoms with Gasteiger partial charge in [0.1, 0.15) is 0 Å². The molecule has 0 amide bonds.